The predicted molar refractivity (Wildman–Crippen MR) is 115 cm³/mol. The van der Waals surface area contributed by atoms with Gasteiger partial charge in [0.05, 0.1) is 7.11 Å². The van der Waals surface area contributed by atoms with E-state index in [0.717, 1.165) is 5.56 Å². The Hall–Kier alpha value is -2.51. The summed E-state index contributed by atoms with van der Waals surface area (Å²) in [4.78, 5) is 25.6. The molecule has 152 valence electrons. The van der Waals surface area contributed by atoms with Gasteiger partial charge in [-0.1, -0.05) is 46.6 Å². The summed E-state index contributed by atoms with van der Waals surface area (Å²) in [5.74, 6) is 0.716. The van der Waals surface area contributed by atoms with Crippen LogP contribution in [0.5, 0.6) is 11.5 Å². The number of hydrogen-bond acceptors (Lipinski definition) is 4. The van der Waals surface area contributed by atoms with Gasteiger partial charge in [-0.15, -0.1) is 0 Å². The zero-order valence-corrected chi connectivity index (χ0v) is 18.3. The summed E-state index contributed by atoms with van der Waals surface area (Å²) in [5.41, 5.74) is 1.87. The third kappa shape index (κ3) is 4.92. The average molecular weight is 480 g/mol. The van der Waals surface area contributed by atoms with E-state index in [9.17, 15) is 9.59 Å². The lowest BCUT2D eigenvalue weighted by Gasteiger charge is -2.13. The van der Waals surface area contributed by atoms with Crippen LogP contribution in [0.25, 0.3) is 6.08 Å². The molecule has 8 heteroatoms. The number of ether oxygens (including phenoxy) is 2. The normalized spacial score (nSPS) is 15.0. The number of hydrogen-bond donors (Lipinski definition) is 1. The van der Waals surface area contributed by atoms with Gasteiger partial charge in [0.25, 0.3) is 5.91 Å². The van der Waals surface area contributed by atoms with Crippen LogP contribution in [-0.2, 0) is 11.4 Å². The van der Waals surface area contributed by atoms with Gasteiger partial charge in [0.1, 0.15) is 12.3 Å². The molecule has 0 spiro atoms. The van der Waals surface area contributed by atoms with Gasteiger partial charge in [0.2, 0.25) is 0 Å². The van der Waals surface area contributed by atoms with Crippen molar-refractivity contribution in [3.63, 3.8) is 0 Å². The summed E-state index contributed by atoms with van der Waals surface area (Å²) >= 11 is 9.40. The molecule has 2 aromatic carbocycles. The highest BCUT2D eigenvalue weighted by Crippen LogP contribution is 2.35. The Bertz CT molecular complexity index is 960. The van der Waals surface area contributed by atoms with Gasteiger partial charge < -0.3 is 14.8 Å². The quantitative estimate of drug-likeness (QED) is 0.449. The van der Waals surface area contributed by atoms with Gasteiger partial charge in [-0.2, -0.15) is 0 Å². The van der Waals surface area contributed by atoms with Gasteiger partial charge >= 0.3 is 6.03 Å². The first-order chi connectivity index (χ1) is 13.9. The van der Waals surface area contributed by atoms with Crippen molar-refractivity contribution >= 4 is 45.5 Å². The summed E-state index contributed by atoms with van der Waals surface area (Å²) in [6, 6.07) is 10.5. The average Bonchev–Trinajstić information content (AvgIpc) is 2.97. The second-order valence-corrected chi connectivity index (χ2v) is 7.68. The van der Waals surface area contributed by atoms with E-state index in [0.29, 0.717) is 46.1 Å². The van der Waals surface area contributed by atoms with Gasteiger partial charge in [-0.05, 0) is 47.9 Å². The molecular weight excluding hydrogens is 460 g/mol. The molecule has 6 nitrogen and oxygen atoms in total. The van der Waals surface area contributed by atoms with Crippen LogP contribution >= 0.6 is 27.5 Å². The van der Waals surface area contributed by atoms with Crippen LogP contribution in [0.3, 0.4) is 0 Å². The standard InChI is InChI=1S/C21H20BrClN2O4/c1-3-8-25-20(26)17(24-21(25)27)9-14-10-18(28-2)19(11-16(14)22)29-12-13-4-6-15(23)7-5-13/h4-7,9-11H,3,8,12H2,1-2H3,(H,24,27)/b17-9+. The molecule has 1 aliphatic rings. The van der Waals surface area contributed by atoms with Crippen LogP contribution < -0.4 is 14.8 Å². The summed E-state index contributed by atoms with van der Waals surface area (Å²) in [6.07, 6.45) is 2.31. The van der Waals surface area contributed by atoms with Crippen molar-refractivity contribution in [1.82, 2.24) is 10.2 Å². The van der Waals surface area contributed by atoms with Gasteiger partial charge in [-0.3, -0.25) is 9.69 Å². The third-order valence-electron chi connectivity index (χ3n) is 4.30. The minimum atomic E-state index is -0.408. The van der Waals surface area contributed by atoms with Gasteiger partial charge in [0.15, 0.2) is 11.5 Å². The zero-order chi connectivity index (χ0) is 21.0. The monoisotopic (exact) mass is 478 g/mol. The van der Waals surface area contributed by atoms with Crippen LogP contribution in [0.1, 0.15) is 24.5 Å². The number of rotatable bonds is 7. The highest BCUT2D eigenvalue weighted by molar-refractivity contribution is 9.10. The molecule has 1 fully saturated rings. The fraction of sp³-hybridized carbons (Fsp3) is 0.238. The van der Waals surface area contributed by atoms with Crippen LogP contribution in [0.2, 0.25) is 5.02 Å². The molecule has 3 amide bonds. The number of carbonyl (C=O) groups excluding carboxylic acids is 2. The molecule has 1 N–H and O–H groups in total. The fourth-order valence-corrected chi connectivity index (χ4v) is 3.39. The van der Waals surface area contributed by atoms with E-state index in [1.54, 1.807) is 37.5 Å². The Balaban J connectivity index is 1.82. The molecule has 0 bridgehead atoms. The number of halogens is 2. The fourth-order valence-electron chi connectivity index (χ4n) is 2.83. The van der Waals surface area contributed by atoms with E-state index >= 15 is 0 Å². The van der Waals surface area contributed by atoms with E-state index in [1.807, 2.05) is 19.1 Å². The van der Waals surface area contributed by atoms with Crippen LogP contribution in [0, 0.1) is 0 Å². The number of benzene rings is 2. The zero-order valence-electron chi connectivity index (χ0n) is 16.0. The Kier molecular flexibility index (Phi) is 6.82. The lowest BCUT2D eigenvalue weighted by molar-refractivity contribution is -0.122. The minimum Gasteiger partial charge on any atom is -0.493 e. The van der Waals surface area contributed by atoms with E-state index in [-0.39, 0.29) is 11.6 Å². The van der Waals surface area contributed by atoms with Crippen molar-refractivity contribution in [2.45, 2.75) is 20.0 Å². The lowest BCUT2D eigenvalue weighted by Crippen LogP contribution is -2.31. The molecule has 3 rings (SSSR count). The number of carbonyl (C=O) groups is 2. The largest absolute Gasteiger partial charge is 0.493 e. The number of nitrogens with zero attached hydrogens (tertiary/aromatic N) is 1. The van der Waals surface area contributed by atoms with E-state index in [4.69, 9.17) is 21.1 Å². The first-order valence-electron chi connectivity index (χ1n) is 9.02. The highest BCUT2D eigenvalue weighted by atomic mass is 79.9. The highest BCUT2D eigenvalue weighted by Gasteiger charge is 2.32. The van der Waals surface area contributed by atoms with Gasteiger partial charge in [0, 0.05) is 16.0 Å². The Morgan fingerprint density at radius 3 is 2.55 bits per heavy atom. The maximum atomic E-state index is 12.4. The smallest absolute Gasteiger partial charge is 0.329 e. The first kappa shape index (κ1) is 21.2. The molecule has 0 saturated carbocycles. The van der Waals surface area contributed by atoms with Crippen molar-refractivity contribution < 1.29 is 19.1 Å². The van der Waals surface area contributed by atoms with E-state index in [1.165, 1.54) is 4.90 Å². The molecular formula is C21H20BrClN2O4. The predicted octanol–water partition coefficient (Wildman–Crippen LogP) is 4.99. The summed E-state index contributed by atoms with van der Waals surface area (Å²) < 4.78 is 12.0. The molecule has 1 heterocycles. The SMILES string of the molecule is CCCN1C(=O)N/C(=C/c2cc(OC)c(OCc3ccc(Cl)cc3)cc2Br)C1=O. The Labute approximate surface area is 182 Å². The number of nitrogens with one attached hydrogen (secondary N) is 1. The lowest BCUT2D eigenvalue weighted by atomic mass is 10.1. The number of amides is 3. The molecule has 1 saturated heterocycles. The summed E-state index contributed by atoms with van der Waals surface area (Å²) in [6.45, 7) is 2.64. The second kappa shape index (κ2) is 9.33. The second-order valence-electron chi connectivity index (χ2n) is 6.38. The number of methoxy groups -OCH3 is 1. The molecule has 1 aliphatic heterocycles. The first-order valence-corrected chi connectivity index (χ1v) is 10.2. The van der Waals surface area contributed by atoms with Gasteiger partial charge in [-0.25, -0.2) is 4.79 Å². The van der Waals surface area contributed by atoms with E-state index < -0.39 is 6.03 Å². The Morgan fingerprint density at radius 1 is 1.17 bits per heavy atom. The summed E-state index contributed by atoms with van der Waals surface area (Å²) in [5, 5.41) is 3.28. The molecule has 0 radical (unpaired) electrons. The van der Waals surface area contributed by atoms with Crippen LogP contribution in [-0.4, -0.2) is 30.5 Å². The maximum Gasteiger partial charge on any atom is 0.329 e. The topological polar surface area (TPSA) is 67.9 Å². The molecule has 2 aromatic rings. The maximum absolute atomic E-state index is 12.4. The molecule has 29 heavy (non-hydrogen) atoms. The van der Waals surface area contributed by atoms with Crippen molar-refractivity contribution in [3.8, 4) is 11.5 Å². The molecule has 0 aromatic heterocycles. The van der Waals surface area contributed by atoms with Crippen molar-refractivity contribution in [1.29, 1.82) is 0 Å². The summed E-state index contributed by atoms with van der Waals surface area (Å²) in [7, 11) is 1.54. The molecule has 0 atom stereocenters. The third-order valence-corrected chi connectivity index (χ3v) is 5.24. The number of imide groups is 1. The number of urea groups is 1. The molecule has 0 unspecified atom stereocenters. The van der Waals surface area contributed by atoms with Crippen LogP contribution in [0.15, 0.2) is 46.6 Å². The van der Waals surface area contributed by atoms with E-state index in [2.05, 4.69) is 21.2 Å². The van der Waals surface area contributed by atoms with Crippen LogP contribution in [0.4, 0.5) is 4.79 Å². The molecule has 0 aliphatic carbocycles. The van der Waals surface area contributed by atoms with Crippen molar-refractivity contribution in [3.05, 3.63) is 62.7 Å². The van der Waals surface area contributed by atoms with Crippen molar-refractivity contribution in [2.24, 2.45) is 0 Å². The minimum absolute atomic E-state index is 0.223. The van der Waals surface area contributed by atoms with Crippen molar-refractivity contribution in [2.75, 3.05) is 13.7 Å². The Morgan fingerprint density at radius 2 is 1.90 bits per heavy atom.